The second kappa shape index (κ2) is 7.59. The summed E-state index contributed by atoms with van der Waals surface area (Å²) in [6.45, 7) is 3.77. The zero-order chi connectivity index (χ0) is 20.4. The number of benzene rings is 2. The fourth-order valence-corrected chi connectivity index (χ4v) is 2.87. The van der Waals surface area contributed by atoms with Crippen molar-refractivity contribution in [3.8, 4) is 5.69 Å². The molecule has 2 N–H and O–H groups in total. The Morgan fingerprint density at radius 3 is 2.29 bits per heavy atom. The molecule has 2 aromatic carbocycles. The molecule has 0 unspecified atom stereocenters. The second-order valence-corrected chi connectivity index (χ2v) is 6.30. The molecule has 144 valence electrons. The molecule has 6 nitrogen and oxygen atoms in total. The number of hydrogen-bond acceptors (Lipinski definition) is 3. The van der Waals surface area contributed by atoms with Gasteiger partial charge in [-0.3, -0.25) is 4.79 Å². The van der Waals surface area contributed by atoms with Crippen molar-refractivity contribution in [2.24, 2.45) is 0 Å². The summed E-state index contributed by atoms with van der Waals surface area (Å²) in [5.74, 6) is -4.04. The number of nitrogens with one attached hydrogen (secondary N) is 1. The highest BCUT2D eigenvalue weighted by Gasteiger charge is 2.26. The number of rotatable bonds is 5. The Morgan fingerprint density at radius 2 is 1.75 bits per heavy atom. The first-order valence-electron chi connectivity index (χ1n) is 8.38. The standard InChI is InChI=1S/C20H17F2N3O3/c1-11-9-12(2)25(24-11)15-6-3-13(4-7-15)19(26)23-18(20(27)28)16-8-5-14(21)10-17(16)22/h3-10,18H,1-2H3,(H,23,26)(H,27,28)/t18-/m0/s1. The Morgan fingerprint density at radius 1 is 1.07 bits per heavy atom. The number of aliphatic carboxylic acids is 1. The third kappa shape index (κ3) is 3.90. The van der Waals surface area contributed by atoms with E-state index in [1.807, 2.05) is 19.9 Å². The molecule has 0 saturated carbocycles. The number of amides is 1. The minimum Gasteiger partial charge on any atom is -0.479 e. The summed E-state index contributed by atoms with van der Waals surface area (Å²) in [5, 5.41) is 16.0. The van der Waals surface area contributed by atoms with Crippen LogP contribution < -0.4 is 5.32 Å². The maximum absolute atomic E-state index is 13.9. The Labute approximate surface area is 159 Å². The highest BCUT2D eigenvalue weighted by Crippen LogP contribution is 2.20. The fourth-order valence-electron chi connectivity index (χ4n) is 2.87. The Hall–Kier alpha value is -3.55. The van der Waals surface area contributed by atoms with Gasteiger partial charge in [0.2, 0.25) is 0 Å². The molecule has 1 atom stereocenters. The van der Waals surface area contributed by atoms with Crippen LogP contribution in [-0.4, -0.2) is 26.8 Å². The lowest BCUT2D eigenvalue weighted by Crippen LogP contribution is -2.34. The molecule has 3 rings (SSSR count). The molecule has 0 bridgehead atoms. The lowest BCUT2D eigenvalue weighted by Gasteiger charge is -2.16. The highest BCUT2D eigenvalue weighted by atomic mass is 19.1. The van der Waals surface area contributed by atoms with Crippen LogP contribution in [0.1, 0.15) is 33.4 Å². The first-order chi connectivity index (χ1) is 13.3. The van der Waals surface area contributed by atoms with Gasteiger partial charge in [-0.2, -0.15) is 5.10 Å². The van der Waals surface area contributed by atoms with Crippen molar-refractivity contribution in [2.75, 3.05) is 0 Å². The van der Waals surface area contributed by atoms with Gasteiger partial charge in [0.1, 0.15) is 11.6 Å². The molecule has 0 aliphatic rings. The molecule has 0 aliphatic carbocycles. The summed E-state index contributed by atoms with van der Waals surface area (Å²) in [6.07, 6.45) is 0. The van der Waals surface area contributed by atoms with Gasteiger partial charge >= 0.3 is 5.97 Å². The van der Waals surface area contributed by atoms with Crippen LogP contribution in [0.4, 0.5) is 8.78 Å². The van der Waals surface area contributed by atoms with Gasteiger partial charge in [0.15, 0.2) is 6.04 Å². The van der Waals surface area contributed by atoms with Crippen LogP contribution in [0.15, 0.2) is 48.5 Å². The predicted molar refractivity (Wildman–Crippen MR) is 97.2 cm³/mol. The average Bonchev–Trinajstić information content (AvgIpc) is 2.98. The van der Waals surface area contributed by atoms with E-state index >= 15 is 0 Å². The molecule has 0 radical (unpaired) electrons. The summed E-state index contributed by atoms with van der Waals surface area (Å²) in [4.78, 5) is 23.9. The van der Waals surface area contributed by atoms with Crippen molar-refractivity contribution in [3.63, 3.8) is 0 Å². The maximum Gasteiger partial charge on any atom is 0.331 e. The number of aryl methyl sites for hydroxylation is 2. The molecule has 0 aliphatic heterocycles. The molecular weight excluding hydrogens is 368 g/mol. The van der Waals surface area contributed by atoms with Crippen molar-refractivity contribution in [2.45, 2.75) is 19.9 Å². The number of carbonyl (C=O) groups is 2. The molecule has 0 fully saturated rings. The van der Waals surface area contributed by atoms with Crippen molar-refractivity contribution >= 4 is 11.9 Å². The first-order valence-corrected chi connectivity index (χ1v) is 8.38. The minimum absolute atomic E-state index is 0.194. The third-order valence-corrected chi connectivity index (χ3v) is 4.18. The summed E-state index contributed by atoms with van der Waals surface area (Å²) in [5.41, 5.74) is 2.37. The number of halogens is 2. The van der Waals surface area contributed by atoms with E-state index in [0.29, 0.717) is 6.07 Å². The van der Waals surface area contributed by atoms with E-state index in [-0.39, 0.29) is 11.1 Å². The molecule has 1 amide bonds. The van der Waals surface area contributed by atoms with Crippen LogP contribution in [0, 0.1) is 25.5 Å². The van der Waals surface area contributed by atoms with Crippen LogP contribution in [0.3, 0.4) is 0 Å². The smallest absolute Gasteiger partial charge is 0.331 e. The van der Waals surface area contributed by atoms with E-state index in [1.54, 1.807) is 16.8 Å². The normalized spacial score (nSPS) is 11.9. The average molecular weight is 385 g/mol. The molecule has 1 aromatic heterocycles. The molecule has 28 heavy (non-hydrogen) atoms. The Bertz CT molecular complexity index is 1050. The minimum atomic E-state index is -1.65. The van der Waals surface area contributed by atoms with Gasteiger partial charge in [0.25, 0.3) is 5.91 Å². The second-order valence-electron chi connectivity index (χ2n) is 6.30. The van der Waals surface area contributed by atoms with Crippen LogP contribution in [0.5, 0.6) is 0 Å². The van der Waals surface area contributed by atoms with Crippen LogP contribution in [0.25, 0.3) is 5.69 Å². The number of carbonyl (C=O) groups excluding carboxylic acids is 1. The molecule has 0 spiro atoms. The van der Waals surface area contributed by atoms with Gasteiger partial charge in [-0.1, -0.05) is 6.07 Å². The largest absolute Gasteiger partial charge is 0.479 e. The van der Waals surface area contributed by atoms with E-state index in [1.165, 1.54) is 12.1 Å². The Kier molecular flexibility index (Phi) is 5.21. The number of carboxylic acid groups (broad SMARTS) is 1. The van der Waals surface area contributed by atoms with Crippen molar-refractivity contribution in [1.29, 1.82) is 0 Å². The predicted octanol–water partition coefficient (Wildman–Crippen LogP) is 3.32. The quantitative estimate of drug-likeness (QED) is 0.706. The van der Waals surface area contributed by atoms with Crippen LogP contribution in [-0.2, 0) is 4.79 Å². The van der Waals surface area contributed by atoms with Gasteiger partial charge in [-0.05, 0) is 50.2 Å². The van der Waals surface area contributed by atoms with E-state index in [2.05, 4.69) is 10.4 Å². The fraction of sp³-hybridized carbons (Fsp3) is 0.150. The van der Waals surface area contributed by atoms with Gasteiger partial charge in [0.05, 0.1) is 11.4 Å². The highest BCUT2D eigenvalue weighted by molar-refractivity contribution is 5.97. The Balaban J connectivity index is 1.82. The van der Waals surface area contributed by atoms with Crippen molar-refractivity contribution in [3.05, 3.63) is 82.7 Å². The molecule has 0 saturated heterocycles. The summed E-state index contributed by atoms with van der Waals surface area (Å²) in [7, 11) is 0. The van der Waals surface area contributed by atoms with E-state index < -0.39 is 29.6 Å². The van der Waals surface area contributed by atoms with E-state index in [9.17, 15) is 23.5 Å². The molecular formula is C20H17F2N3O3. The summed E-state index contributed by atoms with van der Waals surface area (Å²) < 4.78 is 28.7. The lowest BCUT2D eigenvalue weighted by atomic mass is 10.1. The SMILES string of the molecule is Cc1cc(C)n(-c2ccc(C(=O)N[C@H](C(=O)O)c3ccc(F)cc3F)cc2)n1. The van der Waals surface area contributed by atoms with E-state index in [4.69, 9.17) is 0 Å². The van der Waals surface area contributed by atoms with Gasteiger partial charge < -0.3 is 10.4 Å². The number of hydrogen-bond donors (Lipinski definition) is 2. The lowest BCUT2D eigenvalue weighted by molar-refractivity contribution is -0.139. The van der Waals surface area contributed by atoms with Gasteiger partial charge in [-0.25, -0.2) is 18.3 Å². The molecule has 8 heteroatoms. The summed E-state index contributed by atoms with van der Waals surface area (Å²) >= 11 is 0. The van der Waals surface area contributed by atoms with Crippen LogP contribution >= 0.6 is 0 Å². The van der Waals surface area contributed by atoms with Crippen LogP contribution in [0.2, 0.25) is 0 Å². The zero-order valence-corrected chi connectivity index (χ0v) is 15.1. The number of carboxylic acids is 1. The van der Waals surface area contributed by atoms with E-state index in [0.717, 1.165) is 29.2 Å². The molecule has 3 aromatic rings. The number of aromatic nitrogens is 2. The number of nitrogens with zero attached hydrogens (tertiary/aromatic N) is 2. The zero-order valence-electron chi connectivity index (χ0n) is 15.1. The molecule has 1 heterocycles. The van der Waals surface area contributed by atoms with Gasteiger partial charge in [-0.15, -0.1) is 0 Å². The summed E-state index contributed by atoms with van der Waals surface area (Å²) in [6, 6.07) is 9.13. The van der Waals surface area contributed by atoms with Crippen molar-refractivity contribution < 1.29 is 23.5 Å². The maximum atomic E-state index is 13.9. The van der Waals surface area contributed by atoms with Gasteiger partial charge in [0, 0.05) is 22.9 Å². The third-order valence-electron chi connectivity index (χ3n) is 4.18. The topological polar surface area (TPSA) is 84.2 Å². The first kappa shape index (κ1) is 19.2. The van der Waals surface area contributed by atoms with Crippen molar-refractivity contribution in [1.82, 2.24) is 15.1 Å². The monoisotopic (exact) mass is 385 g/mol.